The quantitative estimate of drug-likeness (QED) is 0.756. The van der Waals surface area contributed by atoms with E-state index in [2.05, 4.69) is 30.9 Å². The van der Waals surface area contributed by atoms with E-state index in [1.165, 1.54) is 57.8 Å². The Morgan fingerprint density at radius 3 is 2.50 bits per heavy atom. The van der Waals surface area contributed by atoms with Crippen molar-refractivity contribution in [1.82, 2.24) is 5.32 Å². The van der Waals surface area contributed by atoms with Gasteiger partial charge in [-0.1, -0.05) is 39.5 Å². The number of rotatable bonds is 6. The topological polar surface area (TPSA) is 12.0 Å². The molecule has 2 aliphatic rings. The van der Waals surface area contributed by atoms with E-state index in [1.54, 1.807) is 0 Å². The lowest BCUT2D eigenvalue weighted by Gasteiger charge is -2.37. The van der Waals surface area contributed by atoms with Crippen molar-refractivity contribution in [3.63, 3.8) is 0 Å². The van der Waals surface area contributed by atoms with Crippen LogP contribution in [0.4, 0.5) is 0 Å². The molecular formula is C16H31NS. The fourth-order valence-corrected chi connectivity index (χ4v) is 5.71. The molecule has 0 aromatic carbocycles. The molecule has 106 valence electrons. The third-order valence-corrected chi connectivity index (χ3v) is 6.46. The van der Waals surface area contributed by atoms with Gasteiger partial charge in [-0.05, 0) is 44.6 Å². The summed E-state index contributed by atoms with van der Waals surface area (Å²) in [6.07, 6.45) is 13.1. The van der Waals surface area contributed by atoms with Gasteiger partial charge in [0.2, 0.25) is 0 Å². The van der Waals surface area contributed by atoms with Crippen LogP contribution in [0.15, 0.2) is 0 Å². The number of nitrogens with one attached hydrogen (secondary N) is 1. The second-order valence-corrected chi connectivity index (χ2v) is 7.76. The predicted octanol–water partition coefficient (Wildman–Crippen LogP) is 4.61. The van der Waals surface area contributed by atoms with Crippen molar-refractivity contribution >= 4 is 11.8 Å². The third-order valence-electron chi connectivity index (χ3n) is 4.73. The summed E-state index contributed by atoms with van der Waals surface area (Å²) in [7, 11) is 0. The third kappa shape index (κ3) is 4.16. The Labute approximate surface area is 118 Å². The minimum atomic E-state index is 0.800. The van der Waals surface area contributed by atoms with Crippen LogP contribution in [0.3, 0.4) is 0 Å². The lowest BCUT2D eigenvalue weighted by atomic mass is 9.83. The van der Waals surface area contributed by atoms with Crippen LogP contribution in [0.1, 0.15) is 71.6 Å². The first-order valence-corrected chi connectivity index (χ1v) is 9.16. The molecule has 0 saturated heterocycles. The van der Waals surface area contributed by atoms with Gasteiger partial charge in [0.15, 0.2) is 0 Å². The summed E-state index contributed by atoms with van der Waals surface area (Å²) in [5, 5.41) is 5.63. The van der Waals surface area contributed by atoms with Crippen LogP contribution in [-0.2, 0) is 0 Å². The molecule has 3 unspecified atom stereocenters. The van der Waals surface area contributed by atoms with E-state index >= 15 is 0 Å². The maximum Gasteiger partial charge on any atom is 0.0206 e. The average Bonchev–Trinajstić information content (AvgIpc) is 2.86. The smallest absolute Gasteiger partial charge is 0.0206 e. The molecule has 18 heavy (non-hydrogen) atoms. The van der Waals surface area contributed by atoms with E-state index < -0.39 is 0 Å². The van der Waals surface area contributed by atoms with Crippen LogP contribution < -0.4 is 5.32 Å². The molecule has 0 amide bonds. The van der Waals surface area contributed by atoms with Crippen LogP contribution >= 0.6 is 11.8 Å². The first-order valence-electron chi connectivity index (χ1n) is 8.22. The lowest BCUT2D eigenvalue weighted by molar-refractivity contribution is 0.289. The fourth-order valence-electron chi connectivity index (χ4n) is 3.80. The minimum Gasteiger partial charge on any atom is -0.313 e. The zero-order valence-corrected chi connectivity index (χ0v) is 13.1. The monoisotopic (exact) mass is 269 g/mol. The minimum absolute atomic E-state index is 0.800. The molecule has 0 aromatic heterocycles. The van der Waals surface area contributed by atoms with E-state index in [0.717, 1.165) is 29.0 Å². The molecule has 2 heteroatoms. The van der Waals surface area contributed by atoms with Crippen LogP contribution in [0.2, 0.25) is 0 Å². The Kier molecular flexibility index (Phi) is 6.37. The predicted molar refractivity (Wildman–Crippen MR) is 83.3 cm³/mol. The largest absolute Gasteiger partial charge is 0.313 e. The lowest BCUT2D eigenvalue weighted by Crippen LogP contribution is -2.43. The molecule has 0 radical (unpaired) electrons. The Morgan fingerprint density at radius 2 is 1.83 bits per heavy atom. The zero-order valence-electron chi connectivity index (χ0n) is 12.3. The van der Waals surface area contributed by atoms with Crippen LogP contribution in [0, 0.1) is 5.92 Å². The molecule has 2 rings (SSSR count). The highest BCUT2D eigenvalue weighted by molar-refractivity contribution is 8.00. The SMILES string of the molecule is CCCC1CCC(NCC)C(SC2CCCC2)C1. The summed E-state index contributed by atoms with van der Waals surface area (Å²) in [5.41, 5.74) is 0. The maximum absolute atomic E-state index is 3.75. The molecule has 0 aromatic rings. The van der Waals surface area contributed by atoms with Crippen LogP contribution in [0.5, 0.6) is 0 Å². The Bertz CT molecular complexity index is 225. The van der Waals surface area contributed by atoms with Gasteiger partial charge in [-0.25, -0.2) is 0 Å². The van der Waals surface area contributed by atoms with Gasteiger partial charge >= 0.3 is 0 Å². The standard InChI is InChI=1S/C16H31NS/c1-3-7-13-10-11-15(17-4-2)16(12-13)18-14-8-5-6-9-14/h13-17H,3-12H2,1-2H3. The molecule has 0 spiro atoms. The average molecular weight is 269 g/mol. The molecule has 2 saturated carbocycles. The van der Waals surface area contributed by atoms with E-state index in [-0.39, 0.29) is 0 Å². The van der Waals surface area contributed by atoms with Gasteiger partial charge in [0.1, 0.15) is 0 Å². The number of hydrogen-bond donors (Lipinski definition) is 1. The highest BCUT2D eigenvalue weighted by atomic mass is 32.2. The van der Waals surface area contributed by atoms with Crippen molar-refractivity contribution < 1.29 is 0 Å². The van der Waals surface area contributed by atoms with Crippen molar-refractivity contribution in [3.05, 3.63) is 0 Å². The van der Waals surface area contributed by atoms with Crippen molar-refractivity contribution in [2.24, 2.45) is 5.92 Å². The van der Waals surface area contributed by atoms with Gasteiger partial charge in [0.25, 0.3) is 0 Å². The van der Waals surface area contributed by atoms with E-state index in [1.807, 2.05) is 0 Å². The summed E-state index contributed by atoms with van der Waals surface area (Å²) >= 11 is 2.34. The second-order valence-electron chi connectivity index (χ2n) is 6.21. The molecule has 2 aliphatic carbocycles. The summed E-state index contributed by atoms with van der Waals surface area (Å²) in [6.45, 7) is 5.75. The zero-order chi connectivity index (χ0) is 12.8. The first kappa shape index (κ1) is 14.7. The van der Waals surface area contributed by atoms with Crippen molar-refractivity contribution in [2.45, 2.75) is 88.2 Å². The van der Waals surface area contributed by atoms with Gasteiger partial charge in [0.05, 0.1) is 0 Å². The summed E-state index contributed by atoms with van der Waals surface area (Å²) in [6, 6.07) is 0.800. The molecule has 1 N–H and O–H groups in total. The molecule has 1 nitrogen and oxygen atoms in total. The normalized spacial score (nSPS) is 34.0. The molecular weight excluding hydrogens is 238 g/mol. The molecule has 3 atom stereocenters. The van der Waals surface area contributed by atoms with E-state index in [0.29, 0.717) is 0 Å². The van der Waals surface area contributed by atoms with Gasteiger partial charge < -0.3 is 5.32 Å². The summed E-state index contributed by atoms with van der Waals surface area (Å²) < 4.78 is 0. The molecule has 0 heterocycles. The van der Waals surface area contributed by atoms with Crippen LogP contribution in [-0.4, -0.2) is 23.1 Å². The Balaban J connectivity index is 1.86. The van der Waals surface area contributed by atoms with Crippen molar-refractivity contribution in [3.8, 4) is 0 Å². The van der Waals surface area contributed by atoms with Gasteiger partial charge in [0, 0.05) is 16.5 Å². The van der Waals surface area contributed by atoms with Crippen molar-refractivity contribution in [1.29, 1.82) is 0 Å². The van der Waals surface area contributed by atoms with E-state index in [4.69, 9.17) is 0 Å². The maximum atomic E-state index is 3.75. The highest BCUT2D eigenvalue weighted by Crippen LogP contribution is 2.40. The van der Waals surface area contributed by atoms with Crippen LogP contribution in [0.25, 0.3) is 0 Å². The van der Waals surface area contributed by atoms with Gasteiger partial charge in [-0.2, -0.15) is 11.8 Å². The number of thioether (sulfide) groups is 1. The van der Waals surface area contributed by atoms with Gasteiger partial charge in [-0.15, -0.1) is 0 Å². The molecule has 0 bridgehead atoms. The first-order chi connectivity index (χ1) is 8.83. The molecule has 2 fully saturated rings. The van der Waals surface area contributed by atoms with Crippen molar-refractivity contribution in [2.75, 3.05) is 6.54 Å². The fraction of sp³-hybridized carbons (Fsp3) is 1.00. The Morgan fingerprint density at radius 1 is 1.06 bits per heavy atom. The van der Waals surface area contributed by atoms with E-state index in [9.17, 15) is 0 Å². The summed E-state index contributed by atoms with van der Waals surface area (Å²) in [4.78, 5) is 0. The second kappa shape index (κ2) is 7.79. The van der Waals surface area contributed by atoms with Gasteiger partial charge in [-0.3, -0.25) is 0 Å². The Hall–Kier alpha value is 0.310. The number of hydrogen-bond acceptors (Lipinski definition) is 2. The summed E-state index contributed by atoms with van der Waals surface area (Å²) in [5.74, 6) is 1.02. The molecule has 0 aliphatic heterocycles. The highest BCUT2D eigenvalue weighted by Gasteiger charge is 2.32.